The van der Waals surface area contributed by atoms with Gasteiger partial charge >= 0.3 is 0 Å². The SMILES string of the molecule is c1ccc2c(c1)oc1c(N(c3ccc4c(c3)sc3ccccc34)c3ccc4c(c3)n3c5ccccc5c5ccc6c7ccccc7n4c6c53)cccc12. The fourth-order valence-electron chi connectivity index (χ4n) is 9.21. The van der Waals surface area contributed by atoms with Gasteiger partial charge in [0.2, 0.25) is 0 Å². The molecule has 13 aromatic rings. The highest BCUT2D eigenvalue weighted by atomic mass is 32.1. The smallest absolute Gasteiger partial charge is 0.159 e. The molecule has 5 heteroatoms. The predicted molar refractivity (Wildman–Crippen MR) is 224 cm³/mol. The van der Waals surface area contributed by atoms with Crippen LogP contribution >= 0.6 is 11.3 Å². The highest BCUT2D eigenvalue weighted by Gasteiger charge is 2.24. The molecule has 8 aromatic carbocycles. The van der Waals surface area contributed by atoms with Crippen molar-refractivity contribution in [2.24, 2.45) is 0 Å². The molecule has 4 nitrogen and oxygen atoms in total. The van der Waals surface area contributed by atoms with E-state index in [9.17, 15) is 0 Å². The van der Waals surface area contributed by atoms with Crippen LogP contribution in [-0.4, -0.2) is 8.80 Å². The van der Waals surface area contributed by atoms with Crippen LogP contribution in [-0.2, 0) is 0 Å². The molecule has 0 amide bonds. The Kier molecular flexibility index (Phi) is 5.22. The van der Waals surface area contributed by atoms with Crippen LogP contribution in [0.1, 0.15) is 0 Å². The Morgan fingerprint density at radius 3 is 1.77 bits per heavy atom. The maximum absolute atomic E-state index is 6.72. The number of fused-ring (bicyclic) bond motifs is 15. The van der Waals surface area contributed by atoms with Crippen molar-refractivity contribution in [2.45, 2.75) is 0 Å². The van der Waals surface area contributed by atoms with Crippen molar-refractivity contribution in [3.8, 4) is 0 Å². The molecule has 5 aromatic heterocycles. The number of para-hydroxylation sites is 4. The summed E-state index contributed by atoms with van der Waals surface area (Å²) in [7, 11) is 0. The minimum Gasteiger partial charge on any atom is -0.454 e. The Labute approximate surface area is 305 Å². The average Bonchev–Trinajstić information content (AvgIpc) is 3.96. The Bertz CT molecular complexity index is 3650. The Hall–Kier alpha value is -6.82. The van der Waals surface area contributed by atoms with E-state index in [0.717, 1.165) is 44.5 Å². The van der Waals surface area contributed by atoms with Crippen LogP contribution in [0, 0.1) is 0 Å². The van der Waals surface area contributed by atoms with E-state index in [2.05, 4.69) is 171 Å². The first-order chi connectivity index (χ1) is 26.3. The number of rotatable bonds is 3. The van der Waals surface area contributed by atoms with Crippen LogP contribution in [0.4, 0.5) is 17.1 Å². The van der Waals surface area contributed by atoms with Gasteiger partial charge in [-0.2, -0.15) is 0 Å². The molecule has 13 rings (SSSR count). The van der Waals surface area contributed by atoms with Gasteiger partial charge in [0.25, 0.3) is 0 Å². The van der Waals surface area contributed by atoms with E-state index in [1.54, 1.807) is 0 Å². The Morgan fingerprint density at radius 1 is 0.396 bits per heavy atom. The topological polar surface area (TPSA) is 25.2 Å². The molecule has 0 radical (unpaired) electrons. The van der Waals surface area contributed by atoms with Crippen molar-refractivity contribution in [3.63, 3.8) is 0 Å². The first kappa shape index (κ1) is 27.8. The maximum atomic E-state index is 6.72. The van der Waals surface area contributed by atoms with Gasteiger partial charge in [-0.05, 0) is 60.7 Å². The van der Waals surface area contributed by atoms with Crippen molar-refractivity contribution in [2.75, 3.05) is 4.90 Å². The van der Waals surface area contributed by atoms with Crippen molar-refractivity contribution in [1.82, 2.24) is 8.80 Å². The molecule has 0 aliphatic carbocycles. The molecule has 0 N–H and O–H groups in total. The maximum Gasteiger partial charge on any atom is 0.159 e. The predicted octanol–water partition coefficient (Wildman–Crippen LogP) is 14.0. The average molecular weight is 694 g/mol. The summed E-state index contributed by atoms with van der Waals surface area (Å²) < 4.78 is 14.3. The van der Waals surface area contributed by atoms with Gasteiger partial charge in [0.05, 0.1) is 38.8 Å². The lowest BCUT2D eigenvalue weighted by Gasteiger charge is -2.26. The van der Waals surface area contributed by atoms with Gasteiger partial charge < -0.3 is 18.1 Å². The van der Waals surface area contributed by atoms with E-state index in [4.69, 9.17) is 4.42 Å². The van der Waals surface area contributed by atoms with E-state index in [1.165, 1.54) is 69.3 Å². The zero-order valence-corrected chi connectivity index (χ0v) is 29.1. The van der Waals surface area contributed by atoms with Gasteiger partial charge in [0, 0.05) is 63.9 Å². The van der Waals surface area contributed by atoms with Gasteiger partial charge in [0.1, 0.15) is 5.58 Å². The first-order valence-corrected chi connectivity index (χ1v) is 18.8. The zero-order chi connectivity index (χ0) is 34.4. The van der Waals surface area contributed by atoms with E-state index in [1.807, 2.05) is 17.4 Å². The van der Waals surface area contributed by atoms with Gasteiger partial charge in [-0.25, -0.2) is 0 Å². The summed E-state index contributed by atoms with van der Waals surface area (Å²) in [6, 6.07) is 59.7. The minimum atomic E-state index is 0.875. The third kappa shape index (κ3) is 3.54. The monoisotopic (exact) mass is 693 g/mol. The largest absolute Gasteiger partial charge is 0.454 e. The van der Waals surface area contributed by atoms with Crippen LogP contribution in [0.5, 0.6) is 0 Å². The molecule has 5 heterocycles. The second kappa shape index (κ2) is 9.94. The van der Waals surface area contributed by atoms with E-state index < -0.39 is 0 Å². The zero-order valence-electron chi connectivity index (χ0n) is 28.2. The fraction of sp³-hybridized carbons (Fsp3) is 0. The normalized spacial score (nSPS) is 12.5. The van der Waals surface area contributed by atoms with Crippen molar-refractivity contribution >= 4 is 125 Å². The number of benzene rings is 8. The van der Waals surface area contributed by atoms with Gasteiger partial charge in [0.15, 0.2) is 5.58 Å². The van der Waals surface area contributed by atoms with Crippen LogP contribution < -0.4 is 4.90 Å². The third-order valence-corrected chi connectivity index (χ3v) is 12.5. The molecule has 0 saturated carbocycles. The van der Waals surface area contributed by atoms with Crippen LogP contribution in [0.3, 0.4) is 0 Å². The highest BCUT2D eigenvalue weighted by molar-refractivity contribution is 7.25. The number of hydrogen-bond acceptors (Lipinski definition) is 3. The molecule has 0 unspecified atom stereocenters. The lowest BCUT2D eigenvalue weighted by molar-refractivity contribution is 0.669. The van der Waals surface area contributed by atoms with Crippen molar-refractivity contribution < 1.29 is 4.42 Å². The quantitative estimate of drug-likeness (QED) is 0.172. The van der Waals surface area contributed by atoms with Gasteiger partial charge in [-0.3, -0.25) is 0 Å². The summed E-state index contributed by atoms with van der Waals surface area (Å²) in [6.45, 7) is 0. The molecule has 0 aliphatic heterocycles. The Balaban J connectivity index is 1.18. The highest BCUT2D eigenvalue weighted by Crippen LogP contribution is 2.47. The molecule has 0 atom stereocenters. The summed E-state index contributed by atoms with van der Waals surface area (Å²) >= 11 is 1.85. The lowest BCUT2D eigenvalue weighted by Crippen LogP contribution is -2.11. The fourth-order valence-corrected chi connectivity index (χ4v) is 10.3. The number of nitrogens with zero attached hydrogens (tertiary/aromatic N) is 3. The Morgan fingerprint density at radius 2 is 0.981 bits per heavy atom. The van der Waals surface area contributed by atoms with Crippen LogP contribution in [0.25, 0.3) is 96.8 Å². The molecule has 0 saturated heterocycles. The molecule has 53 heavy (non-hydrogen) atoms. The molecule has 0 aliphatic rings. The van der Waals surface area contributed by atoms with Crippen LogP contribution in [0.15, 0.2) is 168 Å². The second-order valence-electron chi connectivity index (χ2n) is 14.1. The lowest BCUT2D eigenvalue weighted by atomic mass is 10.1. The van der Waals surface area contributed by atoms with Gasteiger partial charge in [-0.1, -0.05) is 103 Å². The molecule has 0 fully saturated rings. The molecular weight excluding hydrogens is 667 g/mol. The summed E-state index contributed by atoms with van der Waals surface area (Å²) in [6.07, 6.45) is 0. The number of furan rings is 1. The molecular formula is C48H27N3OS. The first-order valence-electron chi connectivity index (χ1n) is 18.0. The summed E-state index contributed by atoms with van der Waals surface area (Å²) in [5, 5.41) is 9.89. The van der Waals surface area contributed by atoms with Crippen molar-refractivity contribution in [1.29, 1.82) is 0 Å². The summed E-state index contributed by atoms with van der Waals surface area (Å²) in [5.74, 6) is 0. The van der Waals surface area contributed by atoms with E-state index >= 15 is 0 Å². The second-order valence-corrected chi connectivity index (χ2v) is 15.2. The third-order valence-electron chi connectivity index (χ3n) is 11.4. The standard InChI is InChI=1S/C48H27N3OS/c1-5-15-38-30(10-1)35-23-24-36-31-11-2-6-16-39(31)51-42-26-28(21-25-40(42)50(38)46(35)47(36)51)49(29-20-22-34-33-13-4-8-19-44(33)53-45(34)27-29)41-17-9-14-37-32-12-3-7-18-43(32)52-48(37)41/h1-27H. The molecule has 0 spiro atoms. The summed E-state index contributed by atoms with van der Waals surface area (Å²) in [5.41, 5.74) is 12.2. The van der Waals surface area contributed by atoms with E-state index in [0.29, 0.717) is 0 Å². The van der Waals surface area contributed by atoms with E-state index in [-0.39, 0.29) is 0 Å². The minimum absolute atomic E-state index is 0.875. The number of hydrogen-bond donors (Lipinski definition) is 0. The number of thiophene rings is 1. The number of aromatic nitrogens is 2. The van der Waals surface area contributed by atoms with Crippen molar-refractivity contribution in [3.05, 3.63) is 164 Å². The number of anilines is 3. The van der Waals surface area contributed by atoms with Crippen LogP contribution in [0.2, 0.25) is 0 Å². The molecule has 0 bridgehead atoms. The molecule has 246 valence electrons. The summed E-state index contributed by atoms with van der Waals surface area (Å²) in [4.78, 5) is 2.39. The van der Waals surface area contributed by atoms with Gasteiger partial charge in [-0.15, -0.1) is 11.3 Å².